The molecule has 2 aromatic rings. The molecule has 4 heteroatoms. The summed E-state index contributed by atoms with van der Waals surface area (Å²) in [7, 11) is 3.46. The van der Waals surface area contributed by atoms with E-state index in [1.807, 2.05) is 12.1 Å². The molecular weight excluding hydrogens is 324 g/mol. The number of rotatable bonds is 7. The van der Waals surface area contributed by atoms with Crippen LogP contribution in [0.5, 0.6) is 11.5 Å². The van der Waals surface area contributed by atoms with E-state index in [1.54, 1.807) is 24.0 Å². The van der Waals surface area contributed by atoms with Crippen LogP contribution in [0.4, 0.5) is 0 Å². The number of hydrogen-bond acceptors (Lipinski definition) is 2. The maximum Gasteiger partial charge on any atom is 0.127 e. The van der Waals surface area contributed by atoms with Gasteiger partial charge in [-0.2, -0.15) is 0 Å². The van der Waals surface area contributed by atoms with E-state index in [-0.39, 0.29) is 0 Å². The number of quaternary nitrogens is 2. The van der Waals surface area contributed by atoms with Gasteiger partial charge in [-0.15, -0.1) is 0 Å². The monoisotopic (exact) mass is 356 g/mol. The number of benzene rings is 2. The highest BCUT2D eigenvalue weighted by Crippen LogP contribution is 2.23. The van der Waals surface area contributed by atoms with Gasteiger partial charge in [0, 0.05) is 5.56 Å². The van der Waals surface area contributed by atoms with E-state index in [4.69, 9.17) is 9.47 Å². The van der Waals surface area contributed by atoms with Crippen LogP contribution in [-0.2, 0) is 19.5 Å². The fourth-order valence-corrected chi connectivity index (χ4v) is 3.78. The van der Waals surface area contributed by atoms with E-state index in [0.717, 1.165) is 31.0 Å². The summed E-state index contributed by atoms with van der Waals surface area (Å²) >= 11 is 0. The Kier molecular flexibility index (Phi) is 6.53. The minimum absolute atomic E-state index is 0.903. The summed E-state index contributed by atoms with van der Waals surface area (Å²) in [6.07, 6.45) is 1.11. The standard InChI is InChI=1S/C22H30N2O2/c1-4-18-5-7-19(8-6-18)16-23-11-13-24(14-12-23)17-20-15-21(25-2)9-10-22(20)26-3/h5-10,15H,4,11-14,16-17H2,1-3H3/p+2. The first-order chi connectivity index (χ1) is 12.7. The van der Waals surface area contributed by atoms with Crippen LogP contribution in [0.1, 0.15) is 23.6 Å². The van der Waals surface area contributed by atoms with Crippen LogP contribution in [0.3, 0.4) is 0 Å². The first kappa shape index (κ1) is 18.7. The smallest absolute Gasteiger partial charge is 0.127 e. The SMILES string of the molecule is CCc1ccc(C[NH+]2CC[NH+](Cc3cc(OC)ccc3OC)CC2)cc1. The lowest BCUT2D eigenvalue weighted by atomic mass is 10.1. The quantitative estimate of drug-likeness (QED) is 0.766. The highest BCUT2D eigenvalue weighted by molar-refractivity contribution is 5.39. The zero-order valence-corrected chi connectivity index (χ0v) is 16.3. The minimum Gasteiger partial charge on any atom is -0.497 e. The number of nitrogens with one attached hydrogen (secondary N) is 2. The zero-order valence-electron chi connectivity index (χ0n) is 16.3. The summed E-state index contributed by atoms with van der Waals surface area (Å²) in [5.74, 6) is 1.86. The molecule has 0 spiro atoms. The Hall–Kier alpha value is -2.04. The number of aryl methyl sites for hydroxylation is 1. The maximum absolute atomic E-state index is 5.53. The van der Waals surface area contributed by atoms with Gasteiger partial charge in [-0.05, 0) is 30.2 Å². The van der Waals surface area contributed by atoms with Gasteiger partial charge in [-0.1, -0.05) is 31.2 Å². The molecule has 0 bridgehead atoms. The molecule has 0 radical (unpaired) electrons. The number of ether oxygens (including phenoxy) is 2. The molecule has 0 saturated carbocycles. The maximum atomic E-state index is 5.53. The van der Waals surface area contributed by atoms with E-state index in [1.165, 1.54) is 42.9 Å². The molecule has 0 atom stereocenters. The molecule has 0 aromatic heterocycles. The predicted octanol–water partition coefficient (Wildman–Crippen LogP) is 0.750. The molecule has 140 valence electrons. The summed E-state index contributed by atoms with van der Waals surface area (Å²) in [5, 5.41) is 0. The lowest BCUT2D eigenvalue weighted by Crippen LogP contribution is -3.27. The number of piperazine rings is 1. The molecule has 0 aliphatic carbocycles. The third-order valence-corrected chi connectivity index (χ3v) is 5.48. The molecule has 1 heterocycles. The summed E-state index contributed by atoms with van der Waals surface area (Å²) in [6, 6.07) is 15.2. The van der Waals surface area contributed by atoms with Crippen LogP contribution >= 0.6 is 0 Å². The molecule has 0 amide bonds. The van der Waals surface area contributed by atoms with Crippen LogP contribution in [-0.4, -0.2) is 40.4 Å². The third-order valence-electron chi connectivity index (χ3n) is 5.48. The van der Waals surface area contributed by atoms with Crippen LogP contribution in [0.2, 0.25) is 0 Å². The van der Waals surface area contributed by atoms with E-state index in [9.17, 15) is 0 Å². The molecule has 0 unspecified atom stereocenters. The van der Waals surface area contributed by atoms with Crippen molar-refractivity contribution in [2.24, 2.45) is 0 Å². The van der Waals surface area contributed by atoms with E-state index >= 15 is 0 Å². The Labute approximate surface area is 157 Å². The topological polar surface area (TPSA) is 27.3 Å². The van der Waals surface area contributed by atoms with Crippen molar-refractivity contribution in [2.75, 3.05) is 40.4 Å². The van der Waals surface area contributed by atoms with Gasteiger partial charge in [0.1, 0.15) is 50.8 Å². The summed E-state index contributed by atoms with van der Waals surface area (Å²) < 4.78 is 10.9. The highest BCUT2D eigenvalue weighted by Gasteiger charge is 2.24. The molecule has 2 N–H and O–H groups in total. The predicted molar refractivity (Wildman–Crippen MR) is 104 cm³/mol. The van der Waals surface area contributed by atoms with Crippen molar-refractivity contribution in [1.82, 2.24) is 0 Å². The van der Waals surface area contributed by atoms with E-state index in [0.29, 0.717) is 0 Å². The first-order valence-corrected chi connectivity index (χ1v) is 9.67. The van der Waals surface area contributed by atoms with E-state index < -0.39 is 0 Å². The Bertz CT molecular complexity index is 692. The van der Waals surface area contributed by atoms with Crippen LogP contribution in [0.15, 0.2) is 42.5 Å². The van der Waals surface area contributed by atoms with Crippen molar-refractivity contribution >= 4 is 0 Å². The summed E-state index contributed by atoms with van der Waals surface area (Å²) in [6.45, 7) is 9.18. The lowest BCUT2D eigenvalue weighted by molar-refractivity contribution is -1.02. The van der Waals surface area contributed by atoms with Crippen LogP contribution in [0.25, 0.3) is 0 Å². The van der Waals surface area contributed by atoms with Crippen molar-refractivity contribution in [1.29, 1.82) is 0 Å². The average molecular weight is 357 g/mol. The Morgan fingerprint density at radius 3 is 1.96 bits per heavy atom. The van der Waals surface area contributed by atoms with Crippen molar-refractivity contribution in [3.63, 3.8) is 0 Å². The van der Waals surface area contributed by atoms with Gasteiger partial charge < -0.3 is 19.3 Å². The molecule has 1 aliphatic heterocycles. The van der Waals surface area contributed by atoms with Crippen molar-refractivity contribution in [2.45, 2.75) is 26.4 Å². The van der Waals surface area contributed by atoms with Gasteiger partial charge in [0.05, 0.1) is 19.8 Å². The Balaban J connectivity index is 1.53. The Morgan fingerprint density at radius 2 is 1.38 bits per heavy atom. The molecular formula is C22H32N2O2+2. The number of methoxy groups -OCH3 is 2. The summed E-state index contributed by atoms with van der Waals surface area (Å²) in [4.78, 5) is 3.32. The molecule has 1 saturated heterocycles. The van der Waals surface area contributed by atoms with Gasteiger partial charge in [0.25, 0.3) is 0 Å². The summed E-state index contributed by atoms with van der Waals surface area (Å²) in [5.41, 5.74) is 4.11. The highest BCUT2D eigenvalue weighted by atomic mass is 16.5. The average Bonchev–Trinajstić information content (AvgIpc) is 2.70. The lowest BCUT2D eigenvalue weighted by Gasteiger charge is -2.30. The van der Waals surface area contributed by atoms with Crippen LogP contribution < -0.4 is 19.3 Å². The molecule has 4 nitrogen and oxygen atoms in total. The fourth-order valence-electron chi connectivity index (χ4n) is 3.78. The second-order valence-electron chi connectivity index (χ2n) is 7.20. The molecule has 1 aliphatic rings. The van der Waals surface area contributed by atoms with Crippen molar-refractivity contribution < 1.29 is 19.3 Å². The fraction of sp³-hybridized carbons (Fsp3) is 0.455. The molecule has 1 fully saturated rings. The second-order valence-corrected chi connectivity index (χ2v) is 7.20. The Morgan fingerprint density at radius 1 is 0.769 bits per heavy atom. The normalized spacial score (nSPS) is 20.0. The number of hydrogen-bond donors (Lipinski definition) is 2. The molecule has 26 heavy (non-hydrogen) atoms. The van der Waals surface area contributed by atoms with Gasteiger partial charge >= 0.3 is 0 Å². The molecule has 2 aromatic carbocycles. The third kappa shape index (κ3) is 4.77. The van der Waals surface area contributed by atoms with Crippen molar-refractivity contribution in [3.8, 4) is 11.5 Å². The largest absolute Gasteiger partial charge is 0.497 e. The van der Waals surface area contributed by atoms with Gasteiger partial charge in [-0.25, -0.2) is 0 Å². The van der Waals surface area contributed by atoms with Gasteiger partial charge in [0.15, 0.2) is 0 Å². The minimum atomic E-state index is 0.903. The van der Waals surface area contributed by atoms with Crippen molar-refractivity contribution in [3.05, 3.63) is 59.2 Å². The molecule has 3 rings (SSSR count). The second kappa shape index (κ2) is 9.06. The van der Waals surface area contributed by atoms with Gasteiger partial charge in [0.2, 0.25) is 0 Å². The van der Waals surface area contributed by atoms with Crippen LogP contribution in [0, 0.1) is 0 Å². The van der Waals surface area contributed by atoms with E-state index in [2.05, 4.69) is 37.3 Å². The first-order valence-electron chi connectivity index (χ1n) is 9.67. The zero-order chi connectivity index (χ0) is 18.4. The van der Waals surface area contributed by atoms with Gasteiger partial charge in [-0.3, -0.25) is 0 Å².